The van der Waals surface area contributed by atoms with Crippen LogP contribution < -0.4 is 10.1 Å². The number of carbonyl (C=O) groups excluding carboxylic acids is 1. The van der Waals surface area contributed by atoms with Gasteiger partial charge in [-0.3, -0.25) is 4.98 Å². The quantitative estimate of drug-likeness (QED) is 0.878. The largest absolute Gasteiger partial charge is 0.487 e. The number of nitrogens with one attached hydrogen (secondary N) is 1. The number of ether oxygens (including phenoxy) is 1. The Labute approximate surface area is 137 Å². The monoisotopic (exact) mass is 315 g/mol. The first-order valence-electron chi connectivity index (χ1n) is 8.89. The fourth-order valence-corrected chi connectivity index (χ4v) is 3.70. The van der Waals surface area contributed by atoms with Gasteiger partial charge in [-0.1, -0.05) is 0 Å². The molecule has 2 heterocycles. The van der Waals surface area contributed by atoms with E-state index in [1.165, 1.54) is 25.7 Å². The van der Waals surface area contributed by atoms with Crippen LogP contribution in [0.25, 0.3) is 0 Å². The molecule has 3 aliphatic rings. The highest BCUT2D eigenvalue weighted by Gasteiger charge is 2.41. The van der Waals surface area contributed by atoms with Crippen LogP contribution in [0.15, 0.2) is 24.5 Å². The molecule has 124 valence electrons. The van der Waals surface area contributed by atoms with Gasteiger partial charge in [0.1, 0.15) is 11.9 Å². The summed E-state index contributed by atoms with van der Waals surface area (Å²) >= 11 is 0. The lowest BCUT2D eigenvalue weighted by Gasteiger charge is -2.21. The predicted octanol–water partition coefficient (Wildman–Crippen LogP) is 2.68. The van der Waals surface area contributed by atoms with Crippen LogP contribution in [0.2, 0.25) is 0 Å². The van der Waals surface area contributed by atoms with Crippen molar-refractivity contribution >= 4 is 6.03 Å². The third kappa shape index (κ3) is 3.77. The molecule has 2 amide bonds. The maximum Gasteiger partial charge on any atom is 0.317 e. The van der Waals surface area contributed by atoms with E-state index in [-0.39, 0.29) is 12.1 Å². The zero-order chi connectivity index (χ0) is 15.6. The number of carbonyl (C=O) groups is 1. The van der Waals surface area contributed by atoms with E-state index >= 15 is 0 Å². The van der Waals surface area contributed by atoms with Gasteiger partial charge < -0.3 is 15.0 Å². The highest BCUT2D eigenvalue weighted by Crippen LogP contribution is 2.48. The average Bonchev–Trinajstić information content (AvgIpc) is 3.49. The lowest BCUT2D eigenvalue weighted by molar-refractivity contribution is 0.184. The van der Waals surface area contributed by atoms with Crippen molar-refractivity contribution in [3.63, 3.8) is 0 Å². The molecule has 0 bridgehead atoms. The molecule has 1 aromatic rings. The number of aromatic nitrogens is 1. The topological polar surface area (TPSA) is 54.5 Å². The summed E-state index contributed by atoms with van der Waals surface area (Å²) in [7, 11) is 0. The summed E-state index contributed by atoms with van der Waals surface area (Å²) in [5, 5.41) is 3.17. The molecule has 0 aromatic carbocycles. The fourth-order valence-electron chi connectivity index (χ4n) is 3.70. The molecular formula is C18H25N3O2. The molecule has 2 aliphatic carbocycles. The molecule has 1 atom stereocenters. The molecule has 5 nitrogen and oxygen atoms in total. The number of hydrogen-bond donors (Lipinski definition) is 1. The zero-order valence-corrected chi connectivity index (χ0v) is 13.5. The molecule has 5 heteroatoms. The van der Waals surface area contributed by atoms with Crippen LogP contribution in [0.1, 0.15) is 32.1 Å². The van der Waals surface area contributed by atoms with Crippen LogP contribution in [0.4, 0.5) is 4.79 Å². The molecule has 1 saturated heterocycles. The van der Waals surface area contributed by atoms with Crippen molar-refractivity contribution in [3.8, 4) is 5.75 Å². The van der Waals surface area contributed by atoms with Crippen molar-refractivity contribution in [2.75, 3.05) is 19.6 Å². The van der Waals surface area contributed by atoms with Crippen LogP contribution in [-0.2, 0) is 0 Å². The second-order valence-corrected chi connectivity index (χ2v) is 7.19. The Morgan fingerprint density at radius 1 is 1.30 bits per heavy atom. The Balaban J connectivity index is 1.23. The number of hydrogen-bond acceptors (Lipinski definition) is 3. The third-order valence-electron chi connectivity index (χ3n) is 5.31. The highest BCUT2D eigenvalue weighted by molar-refractivity contribution is 5.74. The molecule has 4 rings (SSSR count). The van der Waals surface area contributed by atoms with E-state index < -0.39 is 0 Å². The summed E-state index contributed by atoms with van der Waals surface area (Å²) in [6.07, 6.45) is 9.87. The lowest BCUT2D eigenvalue weighted by atomic mass is 9.98. The molecule has 0 unspecified atom stereocenters. The van der Waals surface area contributed by atoms with Crippen molar-refractivity contribution in [3.05, 3.63) is 24.5 Å². The molecule has 23 heavy (non-hydrogen) atoms. The van der Waals surface area contributed by atoms with Gasteiger partial charge in [0.15, 0.2) is 0 Å². The van der Waals surface area contributed by atoms with E-state index in [4.69, 9.17) is 4.74 Å². The van der Waals surface area contributed by atoms with Crippen LogP contribution in [0.5, 0.6) is 5.75 Å². The number of rotatable bonds is 6. The van der Waals surface area contributed by atoms with Gasteiger partial charge in [0.05, 0.1) is 12.7 Å². The van der Waals surface area contributed by atoms with Gasteiger partial charge in [0.2, 0.25) is 0 Å². The molecule has 3 fully saturated rings. The lowest BCUT2D eigenvalue weighted by Crippen LogP contribution is -2.42. The first-order valence-corrected chi connectivity index (χ1v) is 8.89. The van der Waals surface area contributed by atoms with Crippen molar-refractivity contribution in [1.82, 2.24) is 15.2 Å². The van der Waals surface area contributed by atoms with Crippen LogP contribution in [0, 0.1) is 17.8 Å². The van der Waals surface area contributed by atoms with Crippen LogP contribution in [0.3, 0.4) is 0 Å². The molecule has 0 radical (unpaired) electrons. The molecule has 1 aromatic heterocycles. The average molecular weight is 315 g/mol. The van der Waals surface area contributed by atoms with Gasteiger partial charge in [0.25, 0.3) is 0 Å². The second kappa shape index (κ2) is 6.38. The maximum atomic E-state index is 12.4. The number of amides is 2. The van der Waals surface area contributed by atoms with Crippen molar-refractivity contribution in [2.24, 2.45) is 17.8 Å². The minimum Gasteiger partial charge on any atom is -0.487 e. The number of nitrogens with zero attached hydrogens (tertiary/aromatic N) is 2. The molecule has 1 aliphatic heterocycles. The second-order valence-electron chi connectivity index (χ2n) is 7.19. The summed E-state index contributed by atoms with van der Waals surface area (Å²) in [5.74, 6) is 3.26. The first kappa shape index (κ1) is 14.8. The molecule has 1 N–H and O–H groups in total. The summed E-state index contributed by atoms with van der Waals surface area (Å²) in [4.78, 5) is 18.3. The Bertz CT molecular complexity index is 530. The fraction of sp³-hybridized carbons (Fsp3) is 0.667. The smallest absolute Gasteiger partial charge is 0.317 e. The van der Waals surface area contributed by atoms with Crippen molar-refractivity contribution < 1.29 is 9.53 Å². The Morgan fingerprint density at radius 2 is 2.09 bits per heavy atom. The van der Waals surface area contributed by atoms with Gasteiger partial charge >= 0.3 is 6.03 Å². The molecular weight excluding hydrogens is 290 g/mol. The molecule has 2 saturated carbocycles. The van der Waals surface area contributed by atoms with Gasteiger partial charge in [-0.2, -0.15) is 0 Å². The van der Waals surface area contributed by atoms with E-state index in [1.54, 1.807) is 12.4 Å². The van der Waals surface area contributed by atoms with Crippen molar-refractivity contribution in [2.45, 2.75) is 38.2 Å². The van der Waals surface area contributed by atoms with Gasteiger partial charge in [0, 0.05) is 25.7 Å². The van der Waals surface area contributed by atoms with E-state index in [2.05, 4.69) is 10.3 Å². The van der Waals surface area contributed by atoms with Crippen LogP contribution in [-0.4, -0.2) is 41.7 Å². The Kier molecular flexibility index (Phi) is 4.10. The third-order valence-corrected chi connectivity index (χ3v) is 5.31. The van der Waals surface area contributed by atoms with E-state index in [0.29, 0.717) is 6.54 Å². The number of likely N-dealkylation sites (tertiary alicyclic amines) is 1. The minimum absolute atomic E-state index is 0.0765. The maximum absolute atomic E-state index is 12.4. The normalized spacial score (nSPS) is 24.0. The van der Waals surface area contributed by atoms with Crippen LogP contribution >= 0.6 is 0 Å². The summed E-state index contributed by atoms with van der Waals surface area (Å²) in [6.45, 7) is 2.30. The van der Waals surface area contributed by atoms with Gasteiger partial charge in [-0.05, 0) is 55.6 Å². The number of pyridine rings is 1. The summed E-state index contributed by atoms with van der Waals surface area (Å²) in [5.41, 5.74) is 0. The predicted molar refractivity (Wildman–Crippen MR) is 87.2 cm³/mol. The number of urea groups is 1. The SMILES string of the molecule is O=C(NCC(C1CC1)C1CC1)N1CC[C@H](Oc2cccnc2)C1. The summed E-state index contributed by atoms with van der Waals surface area (Å²) < 4.78 is 5.89. The summed E-state index contributed by atoms with van der Waals surface area (Å²) in [6, 6.07) is 3.85. The van der Waals surface area contributed by atoms with Gasteiger partial charge in [-0.15, -0.1) is 0 Å². The van der Waals surface area contributed by atoms with E-state index in [0.717, 1.165) is 43.0 Å². The minimum atomic E-state index is 0.0765. The van der Waals surface area contributed by atoms with Gasteiger partial charge in [-0.25, -0.2) is 4.79 Å². The highest BCUT2D eigenvalue weighted by atomic mass is 16.5. The van der Waals surface area contributed by atoms with E-state index in [9.17, 15) is 4.79 Å². The van der Waals surface area contributed by atoms with Crippen molar-refractivity contribution in [1.29, 1.82) is 0 Å². The Morgan fingerprint density at radius 3 is 2.74 bits per heavy atom. The first-order chi connectivity index (χ1) is 11.3. The molecule has 0 spiro atoms. The standard InChI is InChI=1S/C18H25N3O2/c22-18(20-11-17(13-3-4-13)14-5-6-14)21-9-7-16(12-21)23-15-2-1-8-19-10-15/h1-2,8,10,13-14,16-17H,3-7,9,11-12H2,(H,20,22)/t16-/m0/s1. The van der Waals surface area contributed by atoms with E-state index in [1.807, 2.05) is 17.0 Å². The zero-order valence-electron chi connectivity index (χ0n) is 13.5. The Hall–Kier alpha value is -1.78.